The summed E-state index contributed by atoms with van der Waals surface area (Å²) >= 11 is 0. The van der Waals surface area contributed by atoms with E-state index in [4.69, 9.17) is 0 Å². The first-order chi connectivity index (χ1) is 12.4. The average Bonchev–Trinajstić information content (AvgIpc) is 3.08. The third kappa shape index (κ3) is 3.25. The number of phenolic OH excluding ortho intramolecular Hbond substituents is 1. The summed E-state index contributed by atoms with van der Waals surface area (Å²) in [6, 6.07) is 11.2. The van der Waals surface area contributed by atoms with Gasteiger partial charge in [-0.1, -0.05) is 18.2 Å². The molecule has 1 heterocycles. The molecule has 0 saturated carbocycles. The van der Waals surface area contributed by atoms with Crippen molar-refractivity contribution >= 4 is 17.3 Å². The molecule has 0 aliphatic rings. The molecule has 1 aromatic heterocycles. The SMILES string of the molecule is Cc1ccc(NC(=O)c2cc(-c3cccc(C)c3O)n[nH]2)cc1[N+](=O)[O-]. The molecule has 0 saturated heterocycles. The van der Waals surface area contributed by atoms with Gasteiger partial charge in [0.25, 0.3) is 11.6 Å². The fraction of sp³-hybridized carbons (Fsp3) is 0.111. The minimum absolute atomic E-state index is 0.0715. The van der Waals surface area contributed by atoms with Gasteiger partial charge in [0.15, 0.2) is 0 Å². The number of anilines is 1. The zero-order valence-electron chi connectivity index (χ0n) is 14.1. The molecular weight excluding hydrogens is 336 g/mol. The second-order valence-corrected chi connectivity index (χ2v) is 5.85. The number of aryl methyl sites for hydroxylation is 2. The zero-order valence-corrected chi connectivity index (χ0v) is 14.1. The van der Waals surface area contributed by atoms with Gasteiger partial charge in [0.2, 0.25) is 0 Å². The van der Waals surface area contributed by atoms with Crippen LogP contribution in [0.1, 0.15) is 21.6 Å². The number of hydrogen-bond acceptors (Lipinski definition) is 5. The predicted octanol–water partition coefficient (Wildman–Crippen LogP) is 3.56. The number of aromatic amines is 1. The van der Waals surface area contributed by atoms with Gasteiger partial charge in [-0.05, 0) is 37.6 Å². The van der Waals surface area contributed by atoms with Crippen LogP contribution in [0, 0.1) is 24.0 Å². The molecule has 0 bridgehead atoms. The van der Waals surface area contributed by atoms with E-state index in [0.717, 1.165) is 0 Å². The third-order valence-corrected chi connectivity index (χ3v) is 4.00. The molecule has 3 aromatic rings. The molecule has 0 fully saturated rings. The van der Waals surface area contributed by atoms with Crippen LogP contribution in [0.5, 0.6) is 5.75 Å². The standard InChI is InChI=1S/C18H16N4O4/c1-10-6-7-12(8-16(10)22(25)26)19-18(24)15-9-14(20-21-15)13-5-3-4-11(2)17(13)23/h3-9,23H,1-2H3,(H,19,24)(H,20,21). The summed E-state index contributed by atoms with van der Waals surface area (Å²) in [5.74, 6) is -0.394. The van der Waals surface area contributed by atoms with E-state index >= 15 is 0 Å². The Morgan fingerprint density at radius 1 is 1.19 bits per heavy atom. The number of carbonyl (C=O) groups excluding carboxylic acids is 1. The van der Waals surface area contributed by atoms with Gasteiger partial charge in [0.1, 0.15) is 11.4 Å². The largest absolute Gasteiger partial charge is 0.507 e. The first kappa shape index (κ1) is 17.2. The van der Waals surface area contributed by atoms with Crippen LogP contribution in [0.15, 0.2) is 42.5 Å². The van der Waals surface area contributed by atoms with Crippen LogP contribution < -0.4 is 5.32 Å². The third-order valence-electron chi connectivity index (χ3n) is 4.00. The van der Waals surface area contributed by atoms with Crippen LogP contribution in [-0.2, 0) is 0 Å². The molecular formula is C18H16N4O4. The summed E-state index contributed by atoms with van der Waals surface area (Å²) in [6.45, 7) is 3.39. The smallest absolute Gasteiger partial charge is 0.274 e. The van der Waals surface area contributed by atoms with Gasteiger partial charge in [-0.15, -0.1) is 0 Å². The van der Waals surface area contributed by atoms with E-state index < -0.39 is 10.8 Å². The highest BCUT2D eigenvalue weighted by atomic mass is 16.6. The molecule has 3 rings (SSSR count). The van der Waals surface area contributed by atoms with E-state index in [1.165, 1.54) is 12.1 Å². The average molecular weight is 352 g/mol. The van der Waals surface area contributed by atoms with Crippen molar-refractivity contribution in [3.8, 4) is 17.0 Å². The summed E-state index contributed by atoms with van der Waals surface area (Å²) in [6.07, 6.45) is 0. The highest BCUT2D eigenvalue weighted by molar-refractivity contribution is 6.03. The lowest BCUT2D eigenvalue weighted by atomic mass is 10.1. The van der Waals surface area contributed by atoms with Crippen molar-refractivity contribution in [1.82, 2.24) is 10.2 Å². The summed E-state index contributed by atoms with van der Waals surface area (Å²) in [5.41, 5.74) is 2.54. The van der Waals surface area contributed by atoms with Crippen LogP contribution >= 0.6 is 0 Å². The normalized spacial score (nSPS) is 10.5. The van der Waals surface area contributed by atoms with Crippen molar-refractivity contribution in [1.29, 1.82) is 0 Å². The van der Waals surface area contributed by atoms with E-state index in [9.17, 15) is 20.0 Å². The number of aromatic hydroxyl groups is 1. The maximum atomic E-state index is 12.4. The number of H-pyrrole nitrogens is 1. The Balaban J connectivity index is 1.84. The molecule has 0 unspecified atom stereocenters. The van der Waals surface area contributed by atoms with Crippen molar-refractivity contribution in [2.45, 2.75) is 13.8 Å². The van der Waals surface area contributed by atoms with Crippen LogP contribution in [0.3, 0.4) is 0 Å². The number of carbonyl (C=O) groups is 1. The Morgan fingerprint density at radius 3 is 2.69 bits per heavy atom. The fourth-order valence-electron chi connectivity index (χ4n) is 2.52. The van der Waals surface area contributed by atoms with E-state index in [1.807, 2.05) is 0 Å². The number of nitrogens with zero attached hydrogens (tertiary/aromatic N) is 2. The Morgan fingerprint density at radius 2 is 1.96 bits per heavy atom. The molecule has 0 atom stereocenters. The fourth-order valence-corrected chi connectivity index (χ4v) is 2.52. The van der Waals surface area contributed by atoms with Crippen molar-refractivity contribution < 1.29 is 14.8 Å². The number of phenols is 1. The number of hydrogen-bond donors (Lipinski definition) is 3. The Bertz CT molecular complexity index is 1010. The first-order valence-corrected chi connectivity index (χ1v) is 7.77. The zero-order chi connectivity index (χ0) is 18.8. The van der Waals surface area contributed by atoms with Crippen molar-refractivity contribution in [2.75, 3.05) is 5.32 Å². The number of para-hydroxylation sites is 1. The Kier molecular flexibility index (Phi) is 4.40. The van der Waals surface area contributed by atoms with Crippen molar-refractivity contribution in [2.24, 2.45) is 0 Å². The van der Waals surface area contributed by atoms with Gasteiger partial charge in [-0.25, -0.2) is 0 Å². The van der Waals surface area contributed by atoms with E-state index in [0.29, 0.717) is 28.1 Å². The minimum atomic E-state index is -0.500. The molecule has 0 aliphatic carbocycles. The monoisotopic (exact) mass is 352 g/mol. The van der Waals surface area contributed by atoms with Crippen LogP contribution in [0.4, 0.5) is 11.4 Å². The maximum Gasteiger partial charge on any atom is 0.274 e. The molecule has 0 radical (unpaired) electrons. The van der Waals surface area contributed by atoms with Crippen LogP contribution in [0.25, 0.3) is 11.3 Å². The van der Waals surface area contributed by atoms with E-state index in [-0.39, 0.29) is 17.1 Å². The number of rotatable bonds is 4. The van der Waals surface area contributed by atoms with E-state index in [2.05, 4.69) is 15.5 Å². The summed E-state index contributed by atoms with van der Waals surface area (Å²) in [4.78, 5) is 22.9. The molecule has 8 heteroatoms. The highest BCUT2D eigenvalue weighted by Crippen LogP contribution is 2.30. The Hall–Kier alpha value is -3.68. The molecule has 8 nitrogen and oxygen atoms in total. The maximum absolute atomic E-state index is 12.4. The topological polar surface area (TPSA) is 121 Å². The molecule has 132 valence electrons. The summed E-state index contributed by atoms with van der Waals surface area (Å²) in [7, 11) is 0. The number of nitrogens with one attached hydrogen (secondary N) is 2. The van der Waals surface area contributed by atoms with Gasteiger partial charge in [0, 0.05) is 22.9 Å². The highest BCUT2D eigenvalue weighted by Gasteiger charge is 2.16. The number of benzene rings is 2. The number of amides is 1. The number of aromatic nitrogens is 2. The lowest BCUT2D eigenvalue weighted by Crippen LogP contribution is -2.12. The second-order valence-electron chi connectivity index (χ2n) is 5.85. The van der Waals surface area contributed by atoms with Gasteiger partial charge in [0.05, 0.1) is 10.6 Å². The van der Waals surface area contributed by atoms with E-state index in [1.54, 1.807) is 44.2 Å². The van der Waals surface area contributed by atoms with Crippen molar-refractivity contribution in [3.63, 3.8) is 0 Å². The van der Waals surface area contributed by atoms with Crippen LogP contribution in [-0.4, -0.2) is 26.1 Å². The molecule has 0 spiro atoms. The lowest BCUT2D eigenvalue weighted by Gasteiger charge is -2.05. The van der Waals surface area contributed by atoms with Gasteiger partial charge in [-0.2, -0.15) is 5.10 Å². The first-order valence-electron chi connectivity index (χ1n) is 7.77. The minimum Gasteiger partial charge on any atom is -0.507 e. The molecule has 1 amide bonds. The van der Waals surface area contributed by atoms with Gasteiger partial charge >= 0.3 is 0 Å². The number of nitro groups is 1. The summed E-state index contributed by atoms with van der Waals surface area (Å²) in [5, 5.41) is 30.4. The van der Waals surface area contributed by atoms with Crippen molar-refractivity contribution in [3.05, 3.63) is 69.4 Å². The molecule has 0 aliphatic heterocycles. The van der Waals surface area contributed by atoms with Gasteiger partial charge in [-0.3, -0.25) is 20.0 Å². The van der Waals surface area contributed by atoms with Gasteiger partial charge < -0.3 is 10.4 Å². The predicted molar refractivity (Wildman–Crippen MR) is 96.2 cm³/mol. The number of nitro benzene ring substituents is 1. The molecule has 3 N–H and O–H groups in total. The second kappa shape index (κ2) is 6.67. The quantitative estimate of drug-likeness (QED) is 0.489. The van der Waals surface area contributed by atoms with Crippen LogP contribution in [0.2, 0.25) is 0 Å². The lowest BCUT2D eigenvalue weighted by molar-refractivity contribution is -0.385. The summed E-state index contributed by atoms with van der Waals surface area (Å²) < 4.78 is 0. The molecule has 2 aromatic carbocycles. The molecule has 26 heavy (non-hydrogen) atoms. The Labute approximate surface area is 148 Å².